The molecule has 1 N–H and O–H groups in total. The number of nitro groups is 1. The highest BCUT2D eigenvalue weighted by Gasteiger charge is 2.15. The van der Waals surface area contributed by atoms with Crippen molar-refractivity contribution in [1.82, 2.24) is 4.90 Å². The molecule has 0 radical (unpaired) electrons. The number of methoxy groups -OCH3 is 1. The van der Waals surface area contributed by atoms with Crippen LogP contribution in [0.5, 0.6) is 5.75 Å². The van der Waals surface area contributed by atoms with E-state index >= 15 is 0 Å². The van der Waals surface area contributed by atoms with Gasteiger partial charge in [-0.25, -0.2) is 0 Å². The number of carbonyl (C=O) groups excluding carboxylic acids is 1. The third-order valence-corrected chi connectivity index (χ3v) is 4.62. The van der Waals surface area contributed by atoms with Crippen LogP contribution in [0.1, 0.15) is 11.1 Å². The number of nitrogens with zero attached hydrogens (tertiary/aromatic N) is 2. The first kappa shape index (κ1) is 21.0. The second-order valence-corrected chi connectivity index (χ2v) is 6.87. The molecule has 9 heteroatoms. The van der Waals surface area contributed by atoms with E-state index in [0.29, 0.717) is 27.0 Å². The fourth-order valence-corrected chi connectivity index (χ4v) is 2.84. The van der Waals surface area contributed by atoms with Crippen LogP contribution in [0.3, 0.4) is 0 Å². The van der Waals surface area contributed by atoms with E-state index in [0.717, 1.165) is 5.56 Å². The van der Waals surface area contributed by atoms with Crippen molar-refractivity contribution in [2.45, 2.75) is 13.5 Å². The lowest BCUT2D eigenvalue weighted by atomic mass is 10.2. The minimum Gasteiger partial charge on any atom is -0.495 e. The molecule has 0 fully saturated rings. The van der Waals surface area contributed by atoms with Crippen molar-refractivity contribution in [3.05, 3.63) is 61.6 Å². The molecule has 2 aromatic rings. The van der Waals surface area contributed by atoms with Crippen molar-refractivity contribution in [2.75, 3.05) is 26.0 Å². The summed E-state index contributed by atoms with van der Waals surface area (Å²) in [4.78, 5) is 24.5. The Labute approximate surface area is 167 Å². The van der Waals surface area contributed by atoms with E-state index < -0.39 is 4.92 Å². The van der Waals surface area contributed by atoms with E-state index in [-0.39, 0.29) is 24.7 Å². The number of non-ortho nitro benzene ring substituents is 1. The SMILES string of the molecule is COc1cc(Cl)c(C)cc1NC(=O)CN(C)Cc1cc([N+](=O)[O-])ccc1Cl. The highest BCUT2D eigenvalue weighted by atomic mass is 35.5. The number of amides is 1. The molecule has 0 aliphatic heterocycles. The zero-order valence-corrected chi connectivity index (χ0v) is 16.6. The molecular weight excluding hydrogens is 393 g/mol. The Bertz CT molecular complexity index is 874. The molecule has 0 bridgehead atoms. The maximum Gasteiger partial charge on any atom is 0.269 e. The average molecular weight is 412 g/mol. The number of hydrogen-bond acceptors (Lipinski definition) is 5. The molecular formula is C18H19Cl2N3O4. The van der Waals surface area contributed by atoms with Gasteiger partial charge in [-0.15, -0.1) is 0 Å². The predicted molar refractivity (Wildman–Crippen MR) is 106 cm³/mol. The maximum atomic E-state index is 12.4. The summed E-state index contributed by atoms with van der Waals surface area (Å²) >= 11 is 12.2. The number of nitrogens with one attached hydrogen (secondary N) is 1. The average Bonchev–Trinajstić information content (AvgIpc) is 2.59. The molecule has 144 valence electrons. The first-order valence-corrected chi connectivity index (χ1v) is 8.72. The first-order valence-electron chi connectivity index (χ1n) is 7.96. The quantitative estimate of drug-likeness (QED) is 0.542. The number of nitro benzene ring substituents is 1. The van der Waals surface area contributed by atoms with Crippen molar-refractivity contribution >= 4 is 40.5 Å². The van der Waals surface area contributed by atoms with Crippen LogP contribution in [0.25, 0.3) is 0 Å². The van der Waals surface area contributed by atoms with E-state index in [1.807, 2.05) is 6.92 Å². The first-order chi connectivity index (χ1) is 12.7. The topological polar surface area (TPSA) is 84.7 Å². The number of anilines is 1. The van der Waals surface area contributed by atoms with Crippen LogP contribution in [-0.4, -0.2) is 36.4 Å². The molecule has 7 nitrogen and oxygen atoms in total. The van der Waals surface area contributed by atoms with E-state index in [1.54, 1.807) is 24.1 Å². The van der Waals surface area contributed by atoms with Crippen molar-refractivity contribution < 1.29 is 14.5 Å². The van der Waals surface area contributed by atoms with Crippen LogP contribution in [0.4, 0.5) is 11.4 Å². The number of rotatable bonds is 7. The van der Waals surface area contributed by atoms with Gasteiger partial charge in [0, 0.05) is 34.8 Å². The number of ether oxygens (including phenoxy) is 1. The van der Waals surface area contributed by atoms with Crippen LogP contribution in [-0.2, 0) is 11.3 Å². The molecule has 0 aliphatic carbocycles. The van der Waals surface area contributed by atoms with Crippen molar-refractivity contribution in [3.63, 3.8) is 0 Å². The molecule has 2 rings (SSSR count). The summed E-state index contributed by atoms with van der Waals surface area (Å²) in [5.74, 6) is 0.197. The smallest absolute Gasteiger partial charge is 0.269 e. The van der Waals surface area contributed by atoms with E-state index in [1.165, 1.54) is 25.3 Å². The molecule has 27 heavy (non-hydrogen) atoms. The molecule has 0 spiro atoms. The predicted octanol–water partition coefficient (Wildman–Crippen LogP) is 4.29. The Hall–Kier alpha value is -2.35. The Morgan fingerprint density at radius 3 is 2.59 bits per heavy atom. The van der Waals surface area contributed by atoms with Crippen LogP contribution < -0.4 is 10.1 Å². The number of halogens is 2. The molecule has 0 atom stereocenters. The molecule has 0 unspecified atom stereocenters. The van der Waals surface area contributed by atoms with Gasteiger partial charge in [-0.1, -0.05) is 23.2 Å². The zero-order valence-electron chi connectivity index (χ0n) is 15.1. The van der Waals surface area contributed by atoms with Crippen molar-refractivity contribution in [2.24, 2.45) is 0 Å². The van der Waals surface area contributed by atoms with Crippen molar-refractivity contribution in [1.29, 1.82) is 0 Å². The lowest BCUT2D eigenvalue weighted by Gasteiger charge is -2.18. The normalized spacial score (nSPS) is 10.7. The molecule has 2 aromatic carbocycles. The maximum absolute atomic E-state index is 12.4. The summed E-state index contributed by atoms with van der Waals surface area (Å²) < 4.78 is 5.24. The van der Waals surface area contributed by atoms with Crippen molar-refractivity contribution in [3.8, 4) is 5.75 Å². The largest absolute Gasteiger partial charge is 0.495 e. The Morgan fingerprint density at radius 1 is 1.26 bits per heavy atom. The van der Waals surface area contributed by atoms with Crippen LogP contribution in [0.2, 0.25) is 10.0 Å². The number of hydrogen-bond donors (Lipinski definition) is 1. The van der Waals surface area contributed by atoms with E-state index in [4.69, 9.17) is 27.9 Å². The third-order valence-electron chi connectivity index (χ3n) is 3.85. The summed E-state index contributed by atoms with van der Waals surface area (Å²) in [6, 6.07) is 7.59. The minimum absolute atomic E-state index is 0.0476. The van der Waals surface area contributed by atoms with E-state index in [2.05, 4.69) is 5.32 Å². The van der Waals surface area contributed by atoms with Crippen LogP contribution in [0, 0.1) is 17.0 Å². The lowest BCUT2D eigenvalue weighted by molar-refractivity contribution is -0.384. The summed E-state index contributed by atoms with van der Waals surface area (Å²) in [5, 5.41) is 14.6. The molecule has 0 aliphatic rings. The van der Waals surface area contributed by atoms with Crippen LogP contribution in [0.15, 0.2) is 30.3 Å². The second-order valence-electron chi connectivity index (χ2n) is 6.05. The van der Waals surface area contributed by atoms with Crippen LogP contribution >= 0.6 is 23.2 Å². The second kappa shape index (κ2) is 9.03. The highest BCUT2D eigenvalue weighted by Crippen LogP contribution is 2.31. The molecule has 0 heterocycles. The molecule has 0 saturated carbocycles. The van der Waals surface area contributed by atoms with Gasteiger partial charge in [-0.05, 0) is 37.2 Å². The van der Waals surface area contributed by atoms with Gasteiger partial charge < -0.3 is 10.1 Å². The fourth-order valence-electron chi connectivity index (χ4n) is 2.51. The minimum atomic E-state index is -0.484. The number of benzene rings is 2. The standard InChI is InChI=1S/C18H19Cl2N3O4/c1-11-6-16(17(27-3)8-15(11)20)21-18(24)10-22(2)9-12-7-13(23(25)26)4-5-14(12)19/h4-8H,9-10H2,1-3H3,(H,21,24). The summed E-state index contributed by atoms with van der Waals surface area (Å²) in [5.41, 5.74) is 1.85. The van der Waals surface area contributed by atoms with Gasteiger partial charge in [0.25, 0.3) is 5.69 Å². The van der Waals surface area contributed by atoms with Gasteiger partial charge in [-0.3, -0.25) is 19.8 Å². The molecule has 1 amide bonds. The van der Waals surface area contributed by atoms with Gasteiger partial charge >= 0.3 is 0 Å². The van der Waals surface area contributed by atoms with Gasteiger partial charge in [0.2, 0.25) is 5.91 Å². The Kier molecular flexibility index (Phi) is 7.01. The number of aryl methyl sites for hydroxylation is 1. The van der Waals surface area contributed by atoms with Gasteiger partial charge in [-0.2, -0.15) is 0 Å². The Morgan fingerprint density at radius 2 is 1.96 bits per heavy atom. The highest BCUT2D eigenvalue weighted by molar-refractivity contribution is 6.31. The van der Waals surface area contributed by atoms with Gasteiger partial charge in [0.1, 0.15) is 5.75 Å². The Balaban J connectivity index is 2.05. The fraction of sp³-hybridized carbons (Fsp3) is 0.278. The zero-order chi connectivity index (χ0) is 20.1. The lowest BCUT2D eigenvalue weighted by Crippen LogP contribution is -2.30. The molecule has 0 aromatic heterocycles. The summed E-state index contributed by atoms with van der Waals surface area (Å²) in [6.45, 7) is 2.17. The number of likely N-dealkylation sites (N-methyl/N-ethyl adjacent to an activating group) is 1. The number of carbonyl (C=O) groups is 1. The summed E-state index contributed by atoms with van der Waals surface area (Å²) in [6.07, 6.45) is 0. The van der Waals surface area contributed by atoms with Gasteiger partial charge in [0.15, 0.2) is 0 Å². The summed E-state index contributed by atoms with van der Waals surface area (Å²) in [7, 11) is 3.21. The van der Waals surface area contributed by atoms with Gasteiger partial charge in [0.05, 0.1) is 24.3 Å². The monoisotopic (exact) mass is 411 g/mol. The van der Waals surface area contributed by atoms with E-state index in [9.17, 15) is 14.9 Å². The molecule has 0 saturated heterocycles. The third kappa shape index (κ3) is 5.56.